The molecule has 4 nitrogen and oxygen atoms in total. The first-order valence-electron chi connectivity index (χ1n) is 4.42. The third-order valence-corrected chi connectivity index (χ3v) is 2.37. The normalized spacial score (nSPS) is 11.4. The molecule has 0 saturated carbocycles. The summed E-state index contributed by atoms with van der Waals surface area (Å²) in [6.45, 7) is 4.53. The quantitative estimate of drug-likeness (QED) is 0.589. The van der Waals surface area contributed by atoms with Gasteiger partial charge in [0.1, 0.15) is 0 Å². The maximum Gasteiger partial charge on any atom is 0.269 e. The van der Waals surface area contributed by atoms with Gasteiger partial charge in [0.2, 0.25) is 0 Å². The van der Waals surface area contributed by atoms with Crippen LogP contribution >= 0.6 is 0 Å². The lowest BCUT2D eigenvalue weighted by molar-refractivity contribution is -0.384. The summed E-state index contributed by atoms with van der Waals surface area (Å²) >= 11 is 0. The molecule has 14 heavy (non-hydrogen) atoms. The number of non-ortho nitro benzene ring substituents is 1. The van der Waals surface area contributed by atoms with E-state index in [1.807, 2.05) is 13.8 Å². The largest absolute Gasteiger partial charge is 0.330 e. The van der Waals surface area contributed by atoms with Crippen molar-refractivity contribution in [3.63, 3.8) is 0 Å². The SMILES string of the molecule is CC(C)(CN)c1ccc([N+](=O)[O-])cc1. The van der Waals surface area contributed by atoms with Crippen LogP contribution in [-0.2, 0) is 5.41 Å². The summed E-state index contributed by atoms with van der Waals surface area (Å²) in [5, 5.41) is 10.4. The summed E-state index contributed by atoms with van der Waals surface area (Å²) in [6.07, 6.45) is 0. The van der Waals surface area contributed by atoms with Crippen molar-refractivity contribution < 1.29 is 4.92 Å². The Hall–Kier alpha value is -1.42. The predicted molar refractivity (Wildman–Crippen MR) is 55.2 cm³/mol. The van der Waals surface area contributed by atoms with E-state index >= 15 is 0 Å². The van der Waals surface area contributed by atoms with E-state index in [9.17, 15) is 10.1 Å². The zero-order valence-corrected chi connectivity index (χ0v) is 8.36. The molecule has 0 heterocycles. The van der Waals surface area contributed by atoms with Gasteiger partial charge in [-0.15, -0.1) is 0 Å². The zero-order valence-electron chi connectivity index (χ0n) is 8.36. The molecule has 1 rings (SSSR count). The molecule has 0 bridgehead atoms. The van der Waals surface area contributed by atoms with Gasteiger partial charge >= 0.3 is 0 Å². The van der Waals surface area contributed by atoms with Crippen LogP contribution in [0.2, 0.25) is 0 Å². The predicted octanol–water partition coefficient (Wildman–Crippen LogP) is 1.83. The van der Waals surface area contributed by atoms with Crippen LogP contribution in [0.4, 0.5) is 5.69 Å². The second kappa shape index (κ2) is 3.75. The second-order valence-electron chi connectivity index (χ2n) is 3.89. The second-order valence-corrected chi connectivity index (χ2v) is 3.89. The Morgan fingerprint density at radius 3 is 2.21 bits per heavy atom. The topological polar surface area (TPSA) is 69.2 Å². The van der Waals surface area contributed by atoms with Crippen molar-refractivity contribution in [2.75, 3.05) is 6.54 Å². The van der Waals surface area contributed by atoms with Gasteiger partial charge < -0.3 is 5.73 Å². The highest BCUT2D eigenvalue weighted by Gasteiger charge is 2.18. The molecule has 0 fully saturated rings. The number of rotatable bonds is 3. The number of nitro groups is 1. The number of hydrogen-bond donors (Lipinski definition) is 1. The standard InChI is InChI=1S/C10H14N2O2/c1-10(2,7-11)8-3-5-9(6-4-8)12(13)14/h3-6H,7,11H2,1-2H3. The summed E-state index contributed by atoms with van der Waals surface area (Å²) in [5.74, 6) is 0. The Morgan fingerprint density at radius 1 is 1.36 bits per heavy atom. The Bertz CT molecular complexity index is 330. The van der Waals surface area contributed by atoms with Crippen LogP contribution in [0.3, 0.4) is 0 Å². The maximum atomic E-state index is 10.4. The molecule has 4 heteroatoms. The fraction of sp³-hybridized carbons (Fsp3) is 0.400. The molecule has 0 aliphatic heterocycles. The van der Waals surface area contributed by atoms with Gasteiger partial charge in [-0.25, -0.2) is 0 Å². The van der Waals surface area contributed by atoms with Gasteiger partial charge in [-0.1, -0.05) is 26.0 Å². The van der Waals surface area contributed by atoms with Crippen molar-refractivity contribution >= 4 is 5.69 Å². The lowest BCUT2D eigenvalue weighted by atomic mass is 9.85. The molecule has 0 amide bonds. The maximum absolute atomic E-state index is 10.4. The van der Waals surface area contributed by atoms with E-state index in [-0.39, 0.29) is 11.1 Å². The fourth-order valence-electron chi connectivity index (χ4n) is 1.15. The van der Waals surface area contributed by atoms with Gasteiger partial charge in [-0.05, 0) is 5.56 Å². The highest BCUT2D eigenvalue weighted by molar-refractivity contribution is 5.36. The molecule has 0 aliphatic carbocycles. The number of nitrogens with zero attached hydrogens (tertiary/aromatic N) is 1. The fourth-order valence-corrected chi connectivity index (χ4v) is 1.15. The molecular weight excluding hydrogens is 180 g/mol. The lowest BCUT2D eigenvalue weighted by Crippen LogP contribution is -2.27. The van der Waals surface area contributed by atoms with Crippen molar-refractivity contribution in [1.29, 1.82) is 0 Å². The third kappa shape index (κ3) is 2.09. The molecular formula is C10H14N2O2. The zero-order chi connectivity index (χ0) is 10.8. The van der Waals surface area contributed by atoms with E-state index in [2.05, 4.69) is 0 Å². The first-order valence-corrected chi connectivity index (χ1v) is 4.42. The molecule has 0 aromatic heterocycles. The van der Waals surface area contributed by atoms with Crippen LogP contribution in [0.25, 0.3) is 0 Å². The summed E-state index contributed by atoms with van der Waals surface area (Å²) < 4.78 is 0. The average molecular weight is 194 g/mol. The smallest absolute Gasteiger partial charge is 0.269 e. The molecule has 76 valence electrons. The molecule has 0 atom stereocenters. The first-order chi connectivity index (χ1) is 6.47. The Morgan fingerprint density at radius 2 is 1.86 bits per heavy atom. The molecule has 0 saturated heterocycles. The van der Waals surface area contributed by atoms with E-state index in [1.54, 1.807) is 12.1 Å². The molecule has 0 unspecified atom stereocenters. The molecule has 1 aromatic rings. The van der Waals surface area contributed by atoms with Crippen LogP contribution < -0.4 is 5.73 Å². The minimum atomic E-state index is -0.404. The van der Waals surface area contributed by atoms with Gasteiger partial charge in [0.25, 0.3) is 5.69 Å². The van der Waals surface area contributed by atoms with Crippen LogP contribution in [0.5, 0.6) is 0 Å². The summed E-state index contributed by atoms with van der Waals surface area (Å²) in [6, 6.07) is 6.52. The number of benzene rings is 1. The third-order valence-electron chi connectivity index (χ3n) is 2.37. The van der Waals surface area contributed by atoms with Gasteiger partial charge in [-0.3, -0.25) is 10.1 Å². The van der Waals surface area contributed by atoms with E-state index in [1.165, 1.54) is 12.1 Å². The summed E-state index contributed by atoms with van der Waals surface area (Å²) in [5.41, 5.74) is 6.60. The van der Waals surface area contributed by atoms with E-state index in [0.29, 0.717) is 6.54 Å². The first kappa shape index (κ1) is 10.7. The monoisotopic (exact) mass is 194 g/mol. The Labute approximate surface area is 82.9 Å². The van der Waals surface area contributed by atoms with Gasteiger partial charge in [0.05, 0.1) is 4.92 Å². The van der Waals surface area contributed by atoms with E-state index in [0.717, 1.165) is 5.56 Å². The Balaban J connectivity index is 2.99. The van der Waals surface area contributed by atoms with Gasteiger partial charge in [0.15, 0.2) is 0 Å². The lowest BCUT2D eigenvalue weighted by Gasteiger charge is -2.22. The van der Waals surface area contributed by atoms with Gasteiger partial charge in [0, 0.05) is 24.1 Å². The number of nitro benzene ring substituents is 1. The van der Waals surface area contributed by atoms with Crippen molar-refractivity contribution in [2.24, 2.45) is 5.73 Å². The molecule has 1 aromatic carbocycles. The van der Waals surface area contributed by atoms with Crippen molar-refractivity contribution in [1.82, 2.24) is 0 Å². The summed E-state index contributed by atoms with van der Waals surface area (Å²) in [4.78, 5) is 10.0. The van der Waals surface area contributed by atoms with Crippen molar-refractivity contribution in [3.05, 3.63) is 39.9 Å². The summed E-state index contributed by atoms with van der Waals surface area (Å²) in [7, 11) is 0. The van der Waals surface area contributed by atoms with Crippen LogP contribution in [0.1, 0.15) is 19.4 Å². The van der Waals surface area contributed by atoms with Crippen LogP contribution in [-0.4, -0.2) is 11.5 Å². The number of nitrogens with two attached hydrogens (primary N) is 1. The van der Waals surface area contributed by atoms with E-state index in [4.69, 9.17) is 5.73 Å². The van der Waals surface area contributed by atoms with Crippen molar-refractivity contribution in [3.8, 4) is 0 Å². The van der Waals surface area contributed by atoms with Crippen LogP contribution in [0, 0.1) is 10.1 Å². The highest BCUT2D eigenvalue weighted by atomic mass is 16.6. The minimum Gasteiger partial charge on any atom is -0.330 e. The van der Waals surface area contributed by atoms with Crippen molar-refractivity contribution in [2.45, 2.75) is 19.3 Å². The van der Waals surface area contributed by atoms with Gasteiger partial charge in [-0.2, -0.15) is 0 Å². The average Bonchev–Trinajstić information content (AvgIpc) is 2.18. The minimum absolute atomic E-state index is 0.113. The molecule has 2 N–H and O–H groups in total. The molecule has 0 spiro atoms. The van der Waals surface area contributed by atoms with E-state index < -0.39 is 4.92 Å². The Kier molecular flexibility index (Phi) is 2.86. The highest BCUT2D eigenvalue weighted by Crippen LogP contribution is 2.23. The van der Waals surface area contributed by atoms with Crippen LogP contribution in [0.15, 0.2) is 24.3 Å². The molecule has 0 radical (unpaired) electrons. The molecule has 0 aliphatic rings. The number of hydrogen-bond acceptors (Lipinski definition) is 3.